The average Bonchev–Trinajstić information content (AvgIpc) is 4.02. The van der Waals surface area contributed by atoms with E-state index in [4.69, 9.17) is 13.8 Å². The van der Waals surface area contributed by atoms with E-state index in [-0.39, 0.29) is 0 Å². The van der Waals surface area contributed by atoms with E-state index in [1.165, 1.54) is 27.4 Å². The summed E-state index contributed by atoms with van der Waals surface area (Å²) in [5.74, 6) is 0.600. The van der Waals surface area contributed by atoms with Gasteiger partial charge in [0.2, 0.25) is 5.89 Å². The summed E-state index contributed by atoms with van der Waals surface area (Å²) in [5.41, 5.74) is 15.3. The Balaban J connectivity index is 0.979. The smallest absolute Gasteiger partial charge is 0.227 e. The maximum atomic E-state index is 6.47. The van der Waals surface area contributed by atoms with Crippen molar-refractivity contribution in [2.75, 3.05) is 4.90 Å². The summed E-state index contributed by atoms with van der Waals surface area (Å²) in [6, 6.07) is 74.7. The molecule has 0 radical (unpaired) electrons. The van der Waals surface area contributed by atoms with E-state index < -0.39 is 0 Å². The molecule has 5 heteroatoms. The van der Waals surface area contributed by atoms with Crippen molar-refractivity contribution >= 4 is 71.9 Å². The molecule has 0 N–H and O–H groups in total. The number of para-hydroxylation sites is 2. The van der Waals surface area contributed by atoms with Crippen molar-refractivity contribution in [3.8, 4) is 39.4 Å². The molecule has 0 aliphatic rings. The molecule has 0 saturated carbocycles. The number of oxazole rings is 1. The minimum absolute atomic E-state index is 0.600. The normalized spacial score (nSPS) is 11.7. The molecule has 0 fully saturated rings. The number of benzene rings is 9. The molecule has 60 heavy (non-hydrogen) atoms. The molecule has 0 bridgehead atoms. The number of nitrogens with zero attached hydrogens (tertiary/aromatic N) is 3. The zero-order valence-corrected chi connectivity index (χ0v) is 32.4. The third-order valence-corrected chi connectivity index (χ3v) is 11.6. The molecule has 12 rings (SSSR count). The molecule has 5 nitrogen and oxygen atoms in total. The number of anilines is 3. The molecule has 12 aromatic rings. The van der Waals surface area contributed by atoms with Crippen molar-refractivity contribution in [3.05, 3.63) is 212 Å². The maximum absolute atomic E-state index is 6.47. The molecule has 282 valence electrons. The SMILES string of the molecule is c1ccc(-c2ccc(N(c3ccc(-c4ccc5c(c4)oc4ccc6nc(-c7ccccc7)oc6c45)cc3)c3cccc4c3c3ccccc3n4-c3ccccc3)cc2)cc1. The molecule has 0 aliphatic carbocycles. The second-order valence-corrected chi connectivity index (χ2v) is 15.1. The highest BCUT2D eigenvalue weighted by Gasteiger charge is 2.22. The van der Waals surface area contributed by atoms with Crippen molar-refractivity contribution in [3.63, 3.8) is 0 Å². The summed E-state index contributed by atoms with van der Waals surface area (Å²) in [6.45, 7) is 0. The third-order valence-electron chi connectivity index (χ3n) is 11.6. The van der Waals surface area contributed by atoms with Gasteiger partial charge < -0.3 is 18.3 Å². The first-order chi connectivity index (χ1) is 29.7. The number of fused-ring (bicyclic) bond motifs is 8. The molecule has 0 saturated heterocycles. The molecule has 9 aromatic carbocycles. The summed E-state index contributed by atoms with van der Waals surface area (Å²) in [6.07, 6.45) is 0. The highest BCUT2D eigenvalue weighted by molar-refractivity contribution is 6.18. The topological polar surface area (TPSA) is 47.3 Å². The van der Waals surface area contributed by atoms with E-state index in [2.05, 4.69) is 179 Å². The molecule has 3 aromatic heterocycles. The largest absolute Gasteiger partial charge is 0.456 e. The maximum Gasteiger partial charge on any atom is 0.227 e. The van der Waals surface area contributed by atoms with Crippen LogP contribution in [0.1, 0.15) is 0 Å². The molecule has 0 unspecified atom stereocenters. The van der Waals surface area contributed by atoms with Crippen LogP contribution in [0.25, 0.3) is 94.2 Å². The van der Waals surface area contributed by atoms with Crippen LogP contribution >= 0.6 is 0 Å². The first-order valence-corrected chi connectivity index (χ1v) is 20.2. The summed E-state index contributed by atoms with van der Waals surface area (Å²) < 4.78 is 15.2. The van der Waals surface area contributed by atoms with Gasteiger partial charge in [-0.3, -0.25) is 0 Å². The zero-order valence-electron chi connectivity index (χ0n) is 32.4. The number of rotatable bonds is 7. The lowest BCUT2D eigenvalue weighted by Crippen LogP contribution is -2.10. The van der Waals surface area contributed by atoms with Crippen LogP contribution < -0.4 is 4.90 Å². The quantitative estimate of drug-likeness (QED) is 0.162. The third kappa shape index (κ3) is 5.52. The standard InChI is InChI=1S/C55H35N3O2/c1-4-13-36(14-5-1)37-23-28-42(29-24-37)57(48-21-12-22-49-52(48)44-19-10-11-20-47(44)58(49)41-17-8-3-9-18-41)43-30-25-38(26-31-43)40-27-32-45-51(35-40)59-50-34-33-46-54(53(45)50)60-55(56-46)39-15-6-2-7-16-39/h1-35H. The summed E-state index contributed by atoms with van der Waals surface area (Å²) in [5, 5.41) is 4.34. The Morgan fingerprint density at radius 2 is 1.00 bits per heavy atom. The average molecular weight is 770 g/mol. The van der Waals surface area contributed by atoms with Crippen LogP contribution in [-0.2, 0) is 0 Å². The van der Waals surface area contributed by atoms with Crippen molar-refractivity contribution in [1.82, 2.24) is 9.55 Å². The van der Waals surface area contributed by atoms with Gasteiger partial charge in [-0.25, -0.2) is 4.98 Å². The summed E-state index contributed by atoms with van der Waals surface area (Å²) in [7, 11) is 0. The van der Waals surface area contributed by atoms with Crippen LogP contribution in [0, 0.1) is 0 Å². The summed E-state index contributed by atoms with van der Waals surface area (Å²) in [4.78, 5) is 7.19. The number of hydrogen-bond donors (Lipinski definition) is 0. The Bertz CT molecular complexity index is 3510. The van der Waals surface area contributed by atoms with Crippen LogP contribution in [0.4, 0.5) is 17.1 Å². The predicted molar refractivity (Wildman–Crippen MR) is 247 cm³/mol. The first-order valence-electron chi connectivity index (χ1n) is 20.2. The fourth-order valence-corrected chi connectivity index (χ4v) is 8.84. The Hall–Kier alpha value is -8.15. The minimum atomic E-state index is 0.600. The Morgan fingerprint density at radius 1 is 0.400 bits per heavy atom. The van der Waals surface area contributed by atoms with E-state index in [1.807, 2.05) is 42.5 Å². The molecule has 0 aliphatic heterocycles. The fourth-order valence-electron chi connectivity index (χ4n) is 8.84. The lowest BCUT2D eigenvalue weighted by Gasteiger charge is -2.27. The van der Waals surface area contributed by atoms with Crippen LogP contribution in [-0.4, -0.2) is 9.55 Å². The van der Waals surface area contributed by atoms with Gasteiger partial charge in [-0.15, -0.1) is 0 Å². The first kappa shape index (κ1) is 33.9. The van der Waals surface area contributed by atoms with Gasteiger partial charge in [-0.2, -0.15) is 0 Å². The van der Waals surface area contributed by atoms with Gasteiger partial charge in [0.15, 0.2) is 5.58 Å². The Labute approximate surface area is 345 Å². The molecular weight excluding hydrogens is 735 g/mol. The van der Waals surface area contributed by atoms with Gasteiger partial charge in [0, 0.05) is 38.8 Å². The van der Waals surface area contributed by atoms with Gasteiger partial charge in [0.05, 0.1) is 22.1 Å². The Morgan fingerprint density at radius 3 is 1.73 bits per heavy atom. The monoisotopic (exact) mass is 769 g/mol. The van der Waals surface area contributed by atoms with E-state index in [9.17, 15) is 0 Å². The van der Waals surface area contributed by atoms with Gasteiger partial charge in [0.1, 0.15) is 16.7 Å². The van der Waals surface area contributed by atoms with E-state index in [0.717, 1.165) is 78.0 Å². The zero-order chi connectivity index (χ0) is 39.6. The van der Waals surface area contributed by atoms with E-state index in [0.29, 0.717) is 5.89 Å². The van der Waals surface area contributed by atoms with Crippen molar-refractivity contribution in [2.24, 2.45) is 0 Å². The van der Waals surface area contributed by atoms with Crippen LogP contribution in [0.2, 0.25) is 0 Å². The van der Waals surface area contributed by atoms with Crippen LogP contribution in [0.3, 0.4) is 0 Å². The number of hydrogen-bond acceptors (Lipinski definition) is 4. The highest BCUT2D eigenvalue weighted by Crippen LogP contribution is 2.45. The molecule has 0 atom stereocenters. The van der Waals surface area contributed by atoms with Crippen molar-refractivity contribution < 1.29 is 8.83 Å². The van der Waals surface area contributed by atoms with E-state index in [1.54, 1.807) is 0 Å². The molecule has 3 heterocycles. The minimum Gasteiger partial charge on any atom is -0.456 e. The van der Waals surface area contributed by atoms with Crippen molar-refractivity contribution in [2.45, 2.75) is 0 Å². The second-order valence-electron chi connectivity index (χ2n) is 15.1. The fraction of sp³-hybridized carbons (Fsp3) is 0. The summed E-state index contributed by atoms with van der Waals surface area (Å²) >= 11 is 0. The molecule has 0 spiro atoms. The van der Waals surface area contributed by atoms with E-state index >= 15 is 0 Å². The molecule has 0 amide bonds. The lowest BCUT2D eigenvalue weighted by atomic mass is 10.0. The molecular formula is C55H35N3O2. The van der Waals surface area contributed by atoms with Gasteiger partial charge in [-0.05, 0) is 113 Å². The van der Waals surface area contributed by atoms with Crippen LogP contribution in [0.15, 0.2) is 221 Å². The van der Waals surface area contributed by atoms with Gasteiger partial charge in [0.25, 0.3) is 0 Å². The van der Waals surface area contributed by atoms with Gasteiger partial charge in [-0.1, -0.05) is 121 Å². The van der Waals surface area contributed by atoms with Crippen LogP contribution in [0.5, 0.6) is 0 Å². The van der Waals surface area contributed by atoms with Gasteiger partial charge >= 0.3 is 0 Å². The number of aromatic nitrogens is 2. The predicted octanol–water partition coefficient (Wildman–Crippen LogP) is 15.3. The second kappa shape index (κ2) is 13.8. The highest BCUT2D eigenvalue weighted by atomic mass is 16.4. The Kier molecular flexibility index (Phi) is 7.78. The lowest BCUT2D eigenvalue weighted by molar-refractivity contribution is 0.622. The van der Waals surface area contributed by atoms with Crippen molar-refractivity contribution in [1.29, 1.82) is 0 Å². The number of furan rings is 1.